The van der Waals surface area contributed by atoms with Gasteiger partial charge in [-0.1, -0.05) is 146 Å². The fourth-order valence-electron chi connectivity index (χ4n) is 13.1. The Balaban J connectivity index is 1.02. The minimum absolute atomic E-state index is 0.608. The molecule has 8 heteroatoms. The maximum Gasteiger partial charge on any atom is 0.205 e. The minimum Gasteiger partial charge on any atom is -0.457 e. The van der Waals surface area contributed by atoms with E-state index in [2.05, 4.69) is 204 Å². The van der Waals surface area contributed by atoms with Crippen molar-refractivity contribution in [1.29, 1.82) is 0 Å². The Morgan fingerprint density at radius 1 is 0.244 bits per heavy atom. The van der Waals surface area contributed by atoms with Gasteiger partial charge in [0.05, 0.1) is 0 Å². The fourth-order valence-corrected chi connectivity index (χ4v) is 13.1. The molecule has 17 rings (SSSR count). The molecule has 0 atom stereocenters. The van der Waals surface area contributed by atoms with E-state index < -0.39 is 10.8 Å². The van der Waals surface area contributed by atoms with Crippen molar-refractivity contribution in [3.63, 3.8) is 0 Å². The Morgan fingerprint density at radius 2 is 0.577 bits per heavy atom. The minimum atomic E-state index is -1.16. The number of anilines is 6. The van der Waals surface area contributed by atoms with Crippen LogP contribution in [-0.4, -0.2) is 0 Å². The molecule has 6 heterocycles. The summed E-state index contributed by atoms with van der Waals surface area (Å²) in [7, 11) is 0. The first-order valence-electron chi connectivity index (χ1n) is 26.2. The molecule has 78 heavy (non-hydrogen) atoms. The Kier molecular flexibility index (Phi) is 8.81. The molecular formula is C70H42N2O6. The third-order valence-electron chi connectivity index (χ3n) is 16.2. The monoisotopic (exact) mass is 1010 g/mol. The molecule has 368 valence electrons. The van der Waals surface area contributed by atoms with Crippen LogP contribution in [0.5, 0.6) is 23.0 Å². The van der Waals surface area contributed by atoms with Crippen molar-refractivity contribution >= 4 is 78.4 Å². The molecule has 0 saturated heterocycles. The van der Waals surface area contributed by atoms with Crippen LogP contribution in [0.2, 0.25) is 0 Å². The van der Waals surface area contributed by atoms with Gasteiger partial charge in [-0.2, -0.15) is 0 Å². The number of para-hydroxylation sites is 8. The number of furan rings is 4. The third kappa shape index (κ3) is 5.77. The summed E-state index contributed by atoms with van der Waals surface area (Å²) >= 11 is 0. The predicted molar refractivity (Wildman–Crippen MR) is 305 cm³/mol. The summed E-state index contributed by atoms with van der Waals surface area (Å²) < 4.78 is 42.8. The lowest BCUT2D eigenvalue weighted by molar-refractivity contribution is 0.353. The van der Waals surface area contributed by atoms with E-state index in [9.17, 15) is 0 Å². The normalized spacial score (nSPS) is 14.1. The molecule has 2 aliphatic heterocycles. The van der Waals surface area contributed by atoms with Crippen molar-refractivity contribution in [2.45, 2.75) is 10.8 Å². The van der Waals surface area contributed by atoms with Crippen LogP contribution in [0.25, 0.3) is 43.9 Å². The van der Waals surface area contributed by atoms with Crippen LogP contribution >= 0.6 is 0 Å². The van der Waals surface area contributed by atoms with E-state index in [0.717, 1.165) is 112 Å². The first kappa shape index (κ1) is 42.9. The van der Waals surface area contributed by atoms with Gasteiger partial charge in [0.1, 0.15) is 67.7 Å². The molecular weight excluding hydrogens is 965 g/mol. The van der Waals surface area contributed by atoms with Gasteiger partial charge < -0.3 is 27.1 Å². The van der Waals surface area contributed by atoms with Crippen LogP contribution in [0.3, 0.4) is 0 Å². The number of rotatable bonds is 6. The van der Waals surface area contributed by atoms with E-state index in [-0.39, 0.29) is 0 Å². The molecule has 0 radical (unpaired) electrons. The Labute approximate surface area is 446 Å². The lowest BCUT2D eigenvalue weighted by atomic mass is 9.54. The van der Waals surface area contributed by atoms with Crippen LogP contribution < -0.4 is 19.3 Å². The van der Waals surface area contributed by atoms with Gasteiger partial charge in [-0.05, 0) is 97.1 Å². The highest BCUT2D eigenvalue weighted by Gasteiger charge is 2.63. The van der Waals surface area contributed by atoms with E-state index in [0.29, 0.717) is 34.8 Å². The van der Waals surface area contributed by atoms with Gasteiger partial charge in [-0.3, -0.25) is 9.80 Å². The molecule has 10 aromatic carbocycles. The lowest BCUT2D eigenvalue weighted by Gasteiger charge is -2.48. The van der Waals surface area contributed by atoms with Crippen molar-refractivity contribution in [3.8, 4) is 23.0 Å². The Hall–Kier alpha value is -10.4. The van der Waals surface area contributed by atoms with Crippen molar-refractivity contribution in [2.24, 2.45) is 0 Å². The predicted octanol–water partition coefficient (Wildman–Crippen LogP) is 18.9. The molecule has 8 nitrogen and oxygen atoms in total. The number of benzene rings is 10. The van der Waals surface area contributed by atoms with Gasteiger partial charge in [0.2, 0.25) is 11.8 Å². The summed E-state index contributed by atoms with van der Waals surface area (Å²) in [5.74, 6) is 5.52. The molecule has 3 aliphatic rings. The smallest absolute Gasteiger partial charge is 0.205 e. The quantitative estimate of drug-likeness (QED) is 0.163. The SMILES string of the molecule is c1ccc(N(c2ccc3oc4ccccc4c3c2)c2cc3c(o2)C2(c4ccccc4Oc4ccccc42)c2cc(N(c4ccccc4)c4ccc5oc6ccccc6c5c4)oc2C32c3ccccc3Oc3ccccc32)cc1. The van der Waals surface area contributed by atoms with Crippen LogP contribution in [0, 0.1) is 0 Å². The zero-order valence-corrected chi connectivity index (χ0v) is 41.6. The van der Waals surface area contributed by atoms with Gasteiger partial charge >= 0.3 is 0 Å². The van der Waals surface area contributed by atoms with E-state index in [4.69, 9.17) is 27.1 Å². The van der Waals surface area contributed by atoms with E-state index in [1.165, 1.54) is 0 Å². The molecule has 0 unspecified atom stereocenters. The number of ether oxygens (including phenoxy) is 2. The molecule has 0 fully saturated rings. The number of fused-ring (bicyclic) bond motifs is 20. The summed E-state index contributed by atoms with van der Waals surface area (Å²) in [6, 6.07) is 87.9. The molecule has 0 N–H and O–H groups in total. The molecule has 4 aromatic heterocycles. The molecule has 0 amide bonds. The largest absolute Gasteiger partial charge is 0.457 e. The first-order valence-corrected chi connectivity index (χ1v) is 26.2. The Bertz CT molecular complexity index is 4300. The highest BCUT2D eigenvalue weighted by atomic mass is 16.5. The van der Waals surface area contributed by atoms with Crippen LogP contribution in [0.4, 0.5) is 34.5 Å². The topological polar surface area (TPSA) is 77.5 Å². The van der Waals surface area contributed by atoms with Gasteiger partial charge in [0.15, 0.2) is 0 Å². The summed E-state index contributed by atoms with van der Waals surface area (Å²) in [5, 5.41) is 4.07. The second kappa shape index (κ2) is 16.0. The highest BCUT2D eigenvalue weighted by Crippen LogP contribution is 2.69. The number of hydrogen-bond acceptors (Lipinski definition) is 8. The zero-order chi connectivity index (χ0) is 51.1. The second-order valence-corrected chi connectivity index (χ2v) is 20.2. The van der Waals surface area contributed by atoms with Gasteiger partial charge in [0, 0.05) is 89.8 Å². The molecule has 0 bridgehead atoms. The summed E-state index contributed by atoms with van der Waals surface area (Å²) in [4.78, 5) is 4.44. The van der Waals surface area contributed by atoms with Crippen molar-refractivity contribution < 1.29 is 27.1 Å². The van der Waals surface area contributed by atoms with Crippen molar-refractivity contribution in [3.05, 3.63) is 300 Å². The first-order chi connectivity index (χ1) is 38.6. The fraction of sp³-hybridized carbons (Fsp3) is 0.0286. The maximum absolute atomic E-state index is 8.04. The van der Waals surface area contributed by atoms with Crippen molar-refractivity contribution in [2.75, 3.05) is 9.80 Å². The average Bonchev–Trinajstić information content (AvgIpc) is 3.35. The average molecular weight is 1010 g/mol. The maximum atomic E-state index is 8.04. The summed E-state index contributed by atoms with van der Waals surface area (Å²) in [5.41, 5.74) is 10.0. The van der Waals surface area contributed by atoms with Gasteiger partial charge in [-0.15, -0.1) is 0 Å². The van der Waals surface area contributed by atoms with Crippen molar-refractivity contribution in [1.82, 2.24) is 0 Å². The molecule has 2 spiro atoms. The highest BCUT2D eigenvalue weighted by molar-refractivity contribution is 6.07. The number of nitrogens with zero attached hydrogens (tertiary/aromatic N) is 2. The van der Waals surface area contributed by atoms with Crippen LogP contribution in [0.1, 0.15) is 44.9 Å². The van der Waals surface area contributed by atoms with Gasteiger partial charge in [-0.25, -0.2) is 0 Å². The van der Waals surface area contributed by atoms with Crippen LogP contribution in [-0.2, 0) is 10.8 Å². The summed E-state index contributed by atoms with van der Waals surface area (Å²) in [6.07, 6.45) is 0. The van der Waals surface area contributed by atoms with E-state index >= 15 is 0 Å². The molecule has 0 saturated carbocycles. The Morgan fingerprint density at radius 3 is 0.974 bits per heavy atom. The third-order valence-corrected chi connectivity index (χ3v) is 16.2. The van der Waals surface area contributed by atoms with Gasteiger partial charge in [0.25, 0.3) is 0 Å². The molecule has 1 aliphatic carbocycles. The van der Waals surface area contributed by atoms with Crippen LogP contribution in [0.15, 0.2) is 272 Å². The zero-order valence-electron chi connectivity index (χ0n) is 41.6. The standard InChI is InChI=1S/C70H42N2O6/c1-3-19-43(20-4-1)71(45-35-37-59-49(39-45)47-23-7-13-29-57(47)73-59)65-41-55-67(77-65)70(53-27-11-17-33-63(53)76-64-34-18-12-28-54(64)70)56-42-66(78-68(56)69(55)51-25-9-15-31-61(51)75-62-32-16-10-26-52(62)69)72(44-21-5-2-6-22-44)46-36-38-60-50(40-46)48-24-8-14-30-58(48)74-60/h1-42H. The number of hydrogen-bond donors (Lipinski definition) is 0. The summed E-state index contributed by atoms with van der Waals surface area (Å²) in [6.45, 7) is 0. The lowest BCUT2D eigenvalue weighted by Crippen LogP contribution is -2.46. The molecule has 14 aromatic rings. The van der Waals surface area contributed by atoms with E-state index in [1.54, 1.807) is 0 Å². The second-order valence-electron chi connectivity index (χ2n) is 20.2. The van der Waals surface area contributed by atoms with E-state index in [1.807, 2.05) is 60.7 Å².